The van der Waals surface area contributed by atoms with Gasteiger partial charge in [-0.1, -0.05) is 6.07 Å². The van der Waals surface area contributed by atoms with Gasteiger partial charge in [0.15, 0.2) is 0 Å². The second kappa shape index (κ2) is 4.63. The molecule has 1 aromatic heterocycles. The molecular weight excluding hydrogens is 272 g/mol. The number of esters is 1. The number of aryl methyl sites for hydroxylation is 1. The van der Waals surface area contributed by atoms with Crippen molar-refractivity contribution >= 4 is 27.9 Å². The maximum absolute atomic E-state index is 12.6. The molecule has 0 bridgehead atoms. The highest BCUT2D eigenvalue weighted by atomic mass is 16.5. The molecule has 0 radical (unpaired) electrons. The lowest BCUT2D eigenvalue weighted by molar-refractivity contribution is 0.0602. The zero-order valence-electron chi connectivity index (χ0n) is 11.5. The van der Waals surface area contributed by atoms with Crippen LogP contribution in [-0.4, -0.2) is 18.2 Å². The van der Waals surface area contributed by atoms with Crippen LogP contribution in [0.5, 0.6) is 5.75 Å². The van der Waals surface area contributed by atoms with Crippen molar-refractivity contribution in [2.24, 2.45) is 0 Å². The fourth-order valence-electron chi connectivity index (χ4n) is 2.42. The second-order valence-corrected chi connectivity index (χ2v) is 4.76. The molecule has 21 heavy (non-hydrogen) atoms. The van der Waals surface area contributed by atoms with Gasteiger partial charge >= 0.3 is 5.97 Å². The SMILES string of the molecule is COC(=O)c1cc(C)cc2oc3cccc(O)c3c(=O)c12. The number of hydrogen-bond acceptors (Lipinski definition) is 5. The molecular formula is C16H12O5. The van der Waals surface area contributed by atoms with Crippen LogP contribution in [0.1, 0.15) is 15.9 Å². The Hall–Kier alpha value is -2.82. The largest absolute Gasteiger partial charge is 0.507 e. The number of phenolic OH excluding ortho intramolecular Hbond substituents is 1. The number of benzene rings is 2. The van der Waals surface area contributed by atoms with Crippen LogP contribution in [-0.2, 0) is 4.74 Å². The first-order valence-electron chi connectivity index (χ1n) is 6.30. The number of methoxy groups -OCH3 is 1. The number of carbonyl (C=O) groups is 1. The summed E-state index contributed by atoms with van der Waals surface area (Å²) in [5.41, 5.74) is 1.01. The molecule has 106 valence electrons. The fourth-order valence-corrected chi connectivity index (χ4v) is 2.42. The van der Waals surface area contributed by atoms with Gasteiger partial charge in [-0.25, -0.2) is 4.79 Å². The van der Waals surface area contributed by atoms with Crippen LogP contribution < -0.4 is 5.43 Å². The molecule has 3 rings (SSSR count). The van der Waals surface area contributed by atoms with Crippen molar-refractivity contribution in [3.8, 4) is 5.75 Å². The highest BCUT2D eigenvalue weighted by Crippen LogP contribution is 2.27. The van der Waals surface area contributed by atoms with E-state index in [1.54, 1.807) is 31.2 Å². The molecule has 0 aliphatic rings. The van der Waals surface area contributed by atoms with Gasteiger partial charge in [-0.3, -0.25) is 4.79 Å². The Morgan fingerprint density at radius 2 is 1.95 bits per heavy atom. The Kier molecular flexibility index (Phi) is 2.90. The number of aromatic hydroxyl groups is 1. The van der Waals surface area contributed by atoms with Crippen molar-refractivity contribution in [2.75, 3.05) is 7.11 Å². The summed E-state index contributed by atoms with van der Waals surface area (Å²) in [5, 5.41) is 10.0. The van der Waals surface area contributed by atoms with Gasteiger partial charge in [0.25, 0.3) is 0 Å². The minimum absolute atomic E-state index is 0.0546. The standard InChI is InChI=1S/C16H12O5/c1-8-6-9(16(19)20-2)13-12(7-8)21-11-5-3-4-10(17)14(11)15(13)18/h3-7,17H,1-2H3. The summed E-state index contributed by atoms with van der Waals surface area (Å²) in [6, 6.07) is 7.82. The molecule has 0 aliphatic carbocycles. The van der Waals surface area contributed by atoms with Crippen molar-refractivity contribution in [2.45, 2.75) is 6.92 Å². The summed E-state index contributed by atoms with van der Waals surface area (Å²) >= 11 is 0. The molecule has 0 fully saturated rings. The third-order valence-corrected chi connectivity index (χ3v) is 3.33. The van der Waals surface area contributed by atoms with Crippen molar-refractivity contribution in [3.63, 3.8) is 0 Å². The Morgan fingerprint density at radius 3 is 2.67 bits per heavy atom. The Balaban J connectivity index is 2.59. The monoisotopic (exact) mass is 284 g/mol. The average Bonchev–Trinajstić information content (AvgIpc) is 2.45. The summed E-state index contributed by atoms with van der Waals surface area (Å²) in [5.74, 6) is -0.801. The molecule has 1 N–H and O–H groups in total. The van der Waals surface area contributed by atoms with Crippen LogP contribution in [0.25, 0.3) is 21.9 Å². The molecule has 5 heteroatoms. The maximum atomic E-state index is 12.6. The molecule has 2 aromatic carbocycles. The molecule has 0 spiro atoms. The Labute approximate surface area is 119 Å². The van der Waals surface area contributed by atoms with Gasteiger partial charge in [-0.05, 0) is 36.8 Å². The minimum Gasteiger partial charge on any atom is -0.507 e. The Bertz CT molecular complexity index is 937. The molecule has 0 saturated carbocycles. The zero-order valence-corrected chi connectivity index (χ0v) is 11.5. The van der Waals surface area contributed by atoms with Crippen molar-refractivity contribution in [1.82, 2.24) is 0 Å². The van der Waals surface area contributed by atoms with E-state index in [9.17, 15) is 14.7 Å². The third kappa shape index (κ3) is 1.94. The van der Waals surface area contributed by atoms with Crippen LogP contribution in [0.2, 0.25) is 0 Å². The summed E-state index contributed by atoms with van der Waals surface area (Å²) in [6.45, 7) is 1.79. The molecule has 1 heterocycles. The van der Waals surface area contributed by atoms with Crippen molar-refractivity contribution in [1.29, 1.82) is 0 Å². The van der Waals surface area contributed by atoms with Crippen LogP contribution >= 0.6 is 0 Å². The van der Waals surface area contributed by atoms with E-state index in [0.717, 1.165) is 5.56 Å². The van der Waals surface area contributed by atoms with Crippen LogP contribution in [0.4, 0.5) is 0 Å². The summed E-state index contributed by atoms with van der Waals surface area (Å²) < 4.78 is 10.4. The summed E-state index contributed by atoms with van der Waals surface area (Å²) in [6.07, 6.45) is 0. The minimum atomic E-state index is -0.620. The predicted molar refractivity (Wildman–Crippen MR) is 77.7 cm³/mol. The van der Waals surface area contributed by atoms with Crippen molar-refractivity contribution in [3.05, 3.63) is 51.7 Å². The number of carbonyl (C=O) groups excluding carboxylic acids is 1. The van der Waals surface area contributed by atoms with Crippen LogP contribution in [0, 0.1) is 6.92 Å². The van der Waals surface area contributed by atoms with Gasteiger partial charge in [0.05, 0.1) is 18.1 Å². The van der Waals surface area contributed by atoms with E-state index in [2.05, 4.69) is 0 Å². The van der Waals surface area contributed by atoms with Crippen LogP contribution in [0.15, 0.2) is 39.5 Å². The zero-order chi connectivity index (χ0) is 15.1. The number of phenols is 1. The van der Waals surface area contributed by atoms with Gasteiger partial charge in [0.2, 0.25) is 5.43 Å². The topological polar surface area (TPSA) is 76.7 Å². The number of fused-ring (bicyclic) bond motifs is 2. The first-order valence-corrected chi connectivity index (χ1v) is 6.30. The van der Waals surface area contributed by atoms with Crippen LogP contribution in [0.3, 0.4) is 0 Å². The number of ether oxygens (including phenoxy) is 1. The van der Waals surface area contributed by atoms with Gasteiger partial charge in [0, 0.05) is 0 Å². The lowest BCUT2D eigenvalue weighted by atomic mass is 10.0. The van der Waals surface area contributed by atoms with E-state index in [0.29, 0.717) is 5.58 Å². The van der Waals surface area contributed by atoms with Gasteiger partial charge in [-0.15, -0.1) is 0 Å². The molecule has 0 unspecified atom stereocenters. The average molecular weight is 284 g/mol. The van der Waals surface area contributed by atoms with Gasteiger partial charge in [0.1, 0.15) is 22.3 Å². The lowest BCUT2D eigenvalue weighted by Gasteiger charge is -2.08. The first kappa shape index (κ1) is 13.2. The summed E-state index contributed by atoms with van der Waals surface area (Å²) in [4.78, 5) is 24.5. The van der Waals surface area contributed by atoms with Gasteiger partial charge in [-0.2, -0.15) is 0 Å². The van der Waals surface area contributed by atoms with E-state index >= 15 is 0 Å². The summed E-state index contributed by atoms with van der Waals surface area (Å²) in [7, 11) is 1.25. The molecule has 0 atom stereocenters. The molecule has 0 amide bonds. The predicted octanol–water partition coefficient (Wildman–Crippen LogP) is 2.75. The second-order valence-electron chi connectivity index (χ2n) is 4.76. The van der Waals surface area contributed by atoms with E-state index in [4.69, 9.17) is 9.15 Å². The van der Waals surface area contributed by atoms with E-state index in [-0.39, 0.29) is 27.7 Å². The number of hydrogen-bond donors (Lipinski definition) is 1. The van der Waals surface area contributed by atoms with E-state index in [1.807, 2.05) is 0 Å². The lowest BCUT2D eigenvalue weighted by Crippen LogP contribution is -2.11. The van der Waals surface area contributed by atoms with E-state index < -0.39 is 11.4 Å². The highest BCUT2D eigenvalue weighted by Gasteiger charge is 2.19. The smallest absolute Gasteiger partial charge is 0.338 e. The van der Waals surface area contributed by atoms with Crippen molar-refractivity contribution < 1.29 is 19.1 Å². The third-order valence-electron chi connectivity index (χ3n) is 3.33. The molecule has 3 aromatic rings. The maximum Gasteiger partial charge on any atom is 0.338 e. The normalized spacial score (nSPS) is 11.0. The van der Waals surface area contributed by atoms with Gasteiger partial charge < -0.3 is 14.3 Å². The first-order chi connectivity index (χ1) is 10.0. The molecule has 0 saturated heterocycles. The Morgan fingerprint density at radius 1 is 1.19 bits per heavy atom. The highest BCUT2D eigenvalue weighted by molar-refractivity contribution is 6.06. The fraction of sp³-hybridized carbons (Fsp3) is 0.125. The quantitative estimate of drug-likeness (QED) is 0.549. The molecule has 5 nitrogen and oxygen atoms in total. The van der Waals surface area contributed by atoms with E-state index in [1.165, 1.54) is 13.2 Å². The molecule has 0 aliphatic heterocycles. The number of rotatable bonds is 1.